The van der Waals surface area contributed by atoms with E-state index in [9.17, 15) is 14.4 Å². The highest BCUT2D eigenvalue weighted by Gasteiger charge is 2.51. The summed E-state index contributed by atoms with van der Waals surface area (Å²) in [6.07, 6.45) is 2.94. The van der Waals surface area contributed by atoms with Crippen molar-refractivity contribution in [3.8, 4) is 0 Å². The molecule has 2 fully saturated rings. The molecule has 10 heteroatoms. The second-order valence-electron chi connectivity index (χ2n) is 9.14. The number of carbonyl (C=O) groups is 3. The molecule has 36 heavy (non-hydrogen) atoms. The lowest BCUT2D eigenvalue weighted by molar-refractivity contribution is -0.129. The number of rotatable bonds is 5. The van der Waals surface area contributed by atoms with Gasteiger partial charge in [0.2, 0.25) is 11.8 Å². The summed E-state index contributed by atoms with van der Waals surface area (Å²) in [4.78, 5) is 41.6. The minimum Gasteiger partial charge on any atom is -0.368 e. The molecule has 0 unspecified atom stereocenters. The van der Waals surface area contributed by atoms with Gasteiger partial charge in [-0.3, -0.25) is 9.59 Å². The molecule has 1 aliphatic heterocycles. The maximum Gasteiger partial charge on any atom is 0.348 e. The lowest BCUT2D eigenvalue weighted by Gasteiger charge is -2.35. The fourth-order valence-corrected chi connectivity index (χ4v) is 4.67. The number of hydrogen-bond acceptors (Lipinski definition) is 5. The van der Waals surface area contributed by atoms with Crippen LogP contribution in [-0.4, -0.2) is 58.7 Å². The van der Waals surface area contributed by atoms with Gasteiger partial charge in [-0.05, 0) is 54.8 Å². The summed E-state index contributed by atoms with van der Waals surface area (Å²) in [5, 5.41) is 10.4. The van der Waals surface area contributed by atoms with E-state index in [1.165, 1.54) is 6.20 Å². The van der Waals surface area contributed by atoms with E-state index in [-0.39, 0.29) is 11.8 Å². The van der Waals surface area contributed by atoms with E-state index in [1.807, 2.05) is 41.3 Å². The number of aromatic nitrogens is 2. The minimum absolute atomic E-state index is 0.0965. The van der Waals surface area contributed by atoms with Gasteiger partial charge >= 0.3 is 6.03 Å². The van der Waals surface area contributed by atoms with Gasteiger partial charge in [-0.25, -0.2) is 4.79 Å². The number of halogens is 1. The number of carbonyl (C=O) groups excluding carboxylic acids is 3. The quantitative estimate of drug-likeness (QED) is 0.545. The first-order valence-corrected chi connectivity index (χ1v) is 12.3. The number of anilines is 3. The van der Waals surface area contributed by atoms with Crippen LogP contribution in [0, 0.1) is 0 Å². The van der Waals surface area contributed by atoms with Crippen LogP contribution in [0.3, 0.4) is 0 Å². The van der Waals surface area contributed by atoms with Crippen molar-refractivity contribution in [1.29, 1.82) is 0 Å². The van der Waals surface area contributed by atoms with Crippen LogP contribution in [0.1, 0.15) is 25.3 Å². The fourth-order valence-electron chi connectivity index (χ4n) is 4.55. The fraction of sp³-hybridized carbons (Fsp3) is 0.308. The van der Waals surface area contributed by atoms with Gasteiger partial charge < -0.3 is 20.4 Å². The highest BCUT2D eigenvalue weighted by molar-refractivity contribution is 6.30. The summed E-state index contributed by atoms with van der Waals surface area (Å²) < 4.78 is 1.14. The molecule has 2 aliphatic rings. The Morgan fingerprint density at radius 1 is 0.889 bits per heavy atom. The van der Waals surface area contributed by atoms with Gasteiger partial charge in [0, 0.05) is 55.6 Å². The molecule has 0 spiro atoms. The maximum absolute atomic E-state index is 13.1. The van der Waals surface area contributed by atoms with E-state index in [4.69, 9.17) is 11.6 Å². The Labute approximate surface area is 214 Å². The van der Waals surface area contributed by atoms with E-state index in [0.717, 1.165) is 41.9 Å². The van der Waals surface area contributed by atoms with Crippen LogP contribution in [0.25, 0.3) is 0 Å². The Bertz CT molecular complexity index is 1280. The SMILES string of the molecule is CC(=O)N1CCN(c2ccc(NC(=O)n3nccc3NC(=O)C3(c4ccc(Cl)cc4)CC3)cc2)CC1. The van der Waals surface area contributed by atoms with Gasteiger partial charge in [-0.1, -0.05) is 23.7 Å². The topological polar surface area (TPSA) is 99.6 Å². The van der Waals surface area contributed by atoms with Crippen LogP contribution >= 0.6 is 11.6 Å². The van der Waals surface area contributed by atoms with Crippen LogP contribution in [0.5, 0.6) is 0 Å². The number of amides is 3. The van der Waals surface area contributed by atoms with Crippen molar-refractivity contribution in [3.05, 3.63) is 71.4 Å². The molecule has 2 heterocycles. The van der Waals surface area contributed by atoms with E-state index in [2.05, 4.69) is 20.6 Å². The van der Waals surface area contributed by atoms with Crippen LogP contribution in [0.2, 0.25) is 5.02 Å². The molecule has 1 saturated carbocycles. The van der Waals surface area contributed by atoms with E-state index >= 15 is 0 Å². The lowest BCUT2D eigenvalue weighted by atomic mass is 9.95. The third-order valence-corrected chi connectivity index (χ3v) is 7.12. The van der Waals surface area contributed by atoms with Crippen molar-refractivity contribution < 1.29 is 14.4 Å². The van der Waals surface area contributed by atoms with E-state index in [0.29, 0.717) is 29.6 Å². The highest BCUT2D eigenvalue weighted by Crippen LogP contribution is 2.49. The summed E-state index contributed by atoms with van der Waals surface area (Å²) in [5.41, 5.74) is 1.93. The molecule has 2 N–H and O–H groups in total. The first-order valence-electron chi connectivity index (χ1n) is 11.9. The Morgan fingerprint density at radius 3 is 2.17 bits per heavy atom. The smallest absolute Gasteiger partial charge is 0.348 e. The summed E-state index contributed by atoms with van der Waals surface area (Å²) >= 11 is 5.99. The lowest BCUT2D eigenvalue weighted by Crippen LogP contribution is -2.48. The maximum atomic E-state index is 13.1. The molecule has 0 bridgehead atoms. The van der Waals surface area contributed by atoms with Crippen molar-refractivity contribution in [2.24, 2.45) is 0 Å². The molecule has 2 aromatic carbocycles. The standard InChI is InChI=1S/C26H27ClN6O3/c1-18(34)31-14-16-32(17-15-31)22-8-6-21(7-9-22)29-25(36)33-23(10-13-28-33)30-24(35)26(11-12-26)19-2-4-20(27)5-3-19/h2-10,13H,11-12,14-17H2,1H3,(H,29,36)(H,30,35). The molecule has 0 atom stereocenters. The normalized spacial score (nSPS) is 16.4. The number of benzene rings is 2. The summed E-state index contributed by atoms with van der Waals surface area (Å²) in [6, 6.07) is 15.9. The number of nitrogens with one attached hydrogen (secondary N) is 2. The molecule has 1 aliphatic carbocycles. The molecular formula is C26H27ClN6O3. The third-order valence-electron chi connectivity index (χ3n) is 6.87. The second kappa shape index (κ2) is 9.66. The zero-order chi connectivity index (χ0) is 25.3. The second-order valence-corrected chi connectivity index (χ2v) is 9.58. The average molecular weight is 507 g/mol. The molecule has 0 radical (unpaired) electrons. The van der Waals surface area contributed by atoms with Crippen molar-refractivity contribution >= 4 is 46.6 Å². The van der Waals surface area contributed by atoms with Gasteiger partial charge in [0.15, 0.2) is 0 Å². The van der Waals surface area contributed by atoms with Crippen LogP contribution in [0.15, 0.2) is 60.8 Å². The van der Waals surface area contributed by atoms with E-state index < -0.39 is 11.4 Å². The molecule has 3 aromatic rings. The number of piperazine rings is 1. The molecule has 186 valence electrons. The Hall–Kier alpha value is -3.85. The van der Waals surface area contributed by atoms with E-state index in [1.54, 1.807) is 25.1 Å². The molecule has 5 rings (SSSR count). The van der Waals surface area contributed by atoms with Crippen LogP contribution in [0.4, 0.5) is 22.0 Å². The molecule has 3 amide bonds. The summed E-state index contributed by atoms with van der Waals surface area (Å²) in [7, 11) is 0. The predicted octanol–water partition coefficient (Wildman–Crippen LogP) is 3.96. The third kappa shape index (κ3) is 4.79. The zero-order valence-corrected chi connectivity index (χ0v) is 20.7. The largest absolute Gasteiger partial charge is 0.368 e. The van der Waals surface area contributed by atoms with Crippen molar-refractivity contribution in [1.82, 2.24) is 14.7 Å². The summed E-state index contributed by atoms with van der Waals surface area (Å²) in [6.45, 7) is 4.51. The van der Waals surface area contributed by atoms with Gasteiger partial charge in [0.1, 0.15) is 5.82 Å². The van der Waals surface area contributed by atoms with Crippen molar-refractivity contribution in [2.75, 3.05) is 41.7 Å². The molecular weight excluding hydrogens is 480 g/mol. The van der Waals surface area contributed by atoms with Gasteiger partial charge in [-0.15, -0.1) is 0 Å². The van der Waals surface area contributed by atoms with Crippen LogP contribution in [-0.2, 0) is 15.0 Å². The molecule has 1 aromatic heterocycles. The number of nitrogens with zero attached hydrogens (tertiary/aromatic N) is 4. The summed E-state index contributed by atoms with van der Waals surface area (Å²) in [5.74, 6) is 0.227. The minimum atomic E-state index is -0.609. The van der Waals surface area contributed by atoms with Crippen molar-refractivity contribution in [3.63, 3.8) is 0 Å². The average Bonchev–Trinajstić information content (AvgIpc) is 3.57. The van der Waals surface area contributed by atoms with Crippen LogP contribution < -0.4 is 15.5 Å². The van der Waals surface area contributed by atoms with Gasteiger partial charge in [0.05, 0.1) is 11.6 Å². The predicted molar refractivity (Wildman–Crippen MR) is 139 cm³/mol. The molecule has 9 nitrogen and oxygen atoms in total. The Kier molecular flexibility index (Phi) is 6.40. The zero-order valence-electron chi connectivity index (χ0n) is 19.9. The number of hydrogen-bond donors (Lipinski definition) is 2. The van der Waals surface area contributed by atoms with Crippen molar-refractivity contribution in [2.45, 2.75) is 25.2 Å². The monoisotopic (exact) mass is 506 g/mol. The molecule has 1 saturated heterocycles. The van der Waals surface area contributed by atoms with Gasteiger partial charge in [-0.2, -0.15) is 9.78 Å². The first kappa shape index (κ1) is 23.9. The van der Waals surface area contributed by atoms with Gasteiger partial charge in [0.25, 0.3) is 0 Å². The Balaban J connectivity index is 1.21. The highest BCUT2D eigenvalue weighted by atomic mass is 35.5. The Morgan fingerprint density at radius 2 is 1.56 bits per heavy atom. The first-order chi connectivity index (χ1) is 17.4.